The van der Waals surface area contributed by atoms with Crippen LogP contribution in [0.25, 0.3) is 0 Å². The summed E-state index contributed by atoms with van der Waals surface area (Å²) in [6, 6.07) is 2.17. The Bertz CT molecular complexity index is 2720. The summed E-state index contributed by atoms with van der Waals surface area (Å²) in [6.45, 7) is 81.5. The van der Waals surface area contributed by atoms with Gasteiger partial charge >= 0.3 is 0 Å². The fourth-order valence-corrected chi connectivity index (χ4v) is 14.0. The number of amides is 7. The first-order valence-corrected chi connectivity index (χ1v) is 42.8. The zero-order valence-corrected chi connectivity index (χ0v) is 76.9. The average molecular weight is 1610 g/mol. The highest BCUT2D eigenvalue weighted by Crippen LogP contribution is 2.23. The van der Waals surface area contributed by atoms with Gasteiger partial charge in [-0.1, -0.05) is 34.6 Å². The molecule has 0 spiro atoms. The Balaban J connectivity index is 0.000000660. The molecule has 7 aliphatic heterocycles. The molecule has 7 saturated heterocycles. The maximum Gasteiger partial charge on any atom is 0.254 e. The van der Waals surface area contributed by atoms with Crippen LogP contribution in [0.2, 0.25) is 0 Å². The van der Waals surface area contributed by atoms with Crippen LogP contribution in [-0.4, -0.2) is 411 Å². The number of rotatable bonds is 18. The molecule has 0 saturated carbocycles. The third-order valence-electron chi connectivity index (χ3n) is 22.2. The van der Waals surface area contributed by atoms with E-state index in [1.54, 1.807) is 61.1 Å². The van der Waals surface area contributed by atoms with Crippen molar-refractivity contribution in [3.8, 4) is 0 Å². The van der Waals surface area contributed by atoms with Gasteiger partial charge in [-0.2, -0.15) is 0 Å². The molecular formula is C85H170N14O14. The van der Waals surface area contributed by atoms with E-state index in [-0.39, 0.29) is 83.1 Å². The number of nitrogens with zero attached hydrogens (tertiary/aromatic N) is 14. The van der Waals surface area contributed by atoms with Crippen molar-refractivity contribution in [2.24, 2.45) is 11.8 Å². The Morgan fingerprint density at radius 3 is 0.850 bits per heavy atom. The van der Waals surface area contributed by atoms with Crippen LogP contribution in [0.5, 0.6) is 0 Å². The summed E-state index contributed by atoms with van der Waals surface area (Å²) in [7, 11) is 0. The lowest BCUT2D eigenvalue weighted by atomic mass is 9.98. The quantitative estimate of drug-likeness (QED) is 0.0949. The highest BCUT2D eigenvalue weighted by molar-refractivity contribution is 5.84. The molecule has 113 heavy (non-hydrogen) atoms. The second-order valence-electron chi connectivity index (χ2n) is 38.5. The zero-order valence-electron chi connectivity index (χ0n) is 76.9. The molecule has 7 aliphatic rings. The molecule has 0 bridgehead atoms. The van der Waals surface area contributed by atoms with Gasteiger partial charge in [-0.25, -0.2) is 0 Å². The summed E-state index contributed by atoms with van der Waals surface area (Å²) in [5.41, 5.74) is -2.51. The summed E-state index contributed by atoms with van der Waals surface area (Å²) in [5, 5.41) is 67.1. The van der Waals surface area contributed by atoms with Crippen molar-refractivity contribution < 1.29 is 69.3 Å². The maximum atomic E-state index is 12.1. The third kappa shape index (κ3) is 41.3. The SMILES string of the molecule is CC(C)C(O)C(=O)N1CCN(C(C)(C)C)CC1.CC(C)CC(O)C(=O)N1CCN(C(C)(C)C)CC1.CC(C)N1CCN(C(=O)C(C)(C)O)CC1.CC(C)N1CCN(C(=O)CC(C)(C)O)CC1.CC(O)C(=O)N1CCN(C(C)C)CC1.CC(O)CC(=O)N1CCN(C(C)C)CC1.CCC(C)(O)CC(=O)N1CCN(C(C)(C)C)CC1. The number of hydrogen-bond donors (Lipinski definition) is 7. The minimum absolute atomic E-state index is 0.0110. The number of carbonyl (C=O) groups is 7. The lowest BCUT2D eigenvalue weighted by Gasteiger charge is -2.42. The van der Waals surface area contributed by atoms with Crippen LogP contribution in [0.3, 0.4) is 0 Å². The van der Waals surface area contributed by atoms with Crippen molar-refractivity contribution in [1.29, 1.82) is 0 Å². The van der Waals surface area contributed by atoms with E-state index in [1.807, 2.05) is 49.3 Å². The molecule has 5 atom stereocenters. The normalized spacial score (nSPS) is 20.6. The Morgan fingerprint density at radius 2 is 0.593 bits per heavy atom. The Morgan fingerprint density at radius 1 is 0.327 bits per heavy atom. The van der Waals surface area contributed by atoms with E-state index in [4.69, 9.17) is 10.2 Å². The second kappa shape index (κ2) is 49.3. The molecule has 7 heterocycles. The zero-order chi connectivity index (χ0) is 87.2. The first kappa shape index (κ1) is 107. The molecule has 0 aromatic carbocycles. The average Bonchev–Trinajstić information content (AvgIpc) is 0.840. The van der Waals surface area contributed by atoms with Gasteiger partial charge in [0.2, 0.25) is 17.7 Å². The van der Waals surface area contributed by atoms with E-state index in [0.29, 0.717) is 42.9 Å². The molecular weight excluding hydrogens is 1440 g/mol. The fraction of sp³-hybridized carbons (Fsp3) is 0.918. The monoisotopic (exact) mass is 1610 g/mol. The van der Waals surface area contributed by atoms with Crippen LogP contribution in [0.4, 0.5) is 0 Å². The van der Waals surface area contributed by atoms with Crippen molar-refractivity contribution in [2.75, 3.05) is 183 Å². The van der Waals surface area contributed by atoms with Crippen LogP contribution in [0.15, 0.2) is 0 Å². The topological polar surface area (TPSA) is 306 Å². The highest BCUT2D eigenvalue weighted by atomic mass is 16.3. The van der Waals surface area contributed by atoms with Gasteiger partial charge < -0.3 is 70.0 Å². The second-order valence-corrected chi connectivity index (χ2v) is 38.5. The Hall–Kier alpha value is -4.27. The van der Waals surface area contributed by atoms with Gasteiger partial charge in [0.25, 0.3) is 23.6 Å². The minimum atomic E-state index is -1.24. The van der Waals surface area contributed by atoms with Crippen LogP contribution in [0.1, 0.15) is 233 Å². The van der Waals surface area contributed by atoms with E-state index in [0.717, 1.165) is 183 Å². The molecule has 7 rings (SSSR count). The Labute approximate surface area is 686 Å². The van der Waals surface area contributed by atoms with Gasteiger partial charge in [0.05, 0.1) is 36.6 Å². The summed E-state index contributed by atoms with van der Waals surface area (Å²) in [4.78, 5) is 112. The maximum absolute atomic E-state index is 12.1. The molecule has 7 fully saturated rings. The molecule has 28 heteroatoms. The molecule has 5 unspecified atom stereocenters. The standard InChI is InChI=1S/2C14H28N2O2.C13H26N2O2.C12H24N2O2.2C11H22N2O2.C10H20N2O2/c1-11(2)10-12(17)13(18)15-6-8-16(9-7-15)14(3,4)5;1-6-14(5,18)11-12(17)15-7-9-16(10-8-15)13(2,3)4;1-10(2)11(16)12(17)14-6-8-15(9-7-14)13(3,4)5;1-10(2)13-5-7-14(8-6-13)11(15)9-12(3,4)16;1-9(2)12-5-7-13(8-6-12)10(14)11(3,4)15;1-9(2)12-4-6-13(7-5-12)11(15)8-10(3)14;1-8(2)11-4-6-12(7-5-11)10(14)9(3)13/h11-12,17H,6-10H2,1-5H3;18H,6-11H2,1-5H3;10-11,16H,6-9H2,1-5H3;10,16H,5-9H2,1-4H3;9,15H,5-8H2,1-4H3;9-10,14H,4-8H2,1-3H3;8-9,13H,4-7H2,1-3H3. The molecule has 0 radical (unpaired) electrons. The fourth-order valence-electron chi connectivity index (χ4n) is 14.0. The summed E-state index contributed by atoms with van der Waals surface area (Å²) < 4.78 is 0. The van der Waals surface area contributed by atoms with Gasteiger partial charge in [0, 0.05) is 224 Å². The van der Waals surface area contributed by atoms with Crippen molar-refractivity contribution in [2.45, 2.75) is 315 Å². The van der Waals surface area contributed by atoms with Crippen molar-refractivity contribution in [3.05, 3.63) is 0 Å². The van der Waals surface area contributed by atoms with Gasteiger partial charge in [0.15, 0.2) is 0 Å². The van der Waals surface area contributed by atoms with E-state index >= 15 is 0 Å². The molecule has 0 aliphatic carbocycles. The molecule has 0 aromatic rings. The van der Waals surface area contributed by atoms with Crippen molar-refractivity contribution in [3.63, 3.8) is 0 Å². The first-order valence-electron chi connectivity index (χ1n) is 42.8. The lowest BCUT2D eigenvalue weighted by molar-refractivity contribution is -0.150. The first-order chi connectivity index (χ1) is 51.7. The Kier molecular flexibility index (Phi) is 46.6. The summed E-state index contributed by atoms with van der Waals surface area (Å²) in [5.74, 6) is 0.0350. The number of carbonyl (C=O) groups excluding carboxylic acids is 7. The van der Waals surface area contributed by atoms with E-state index in [9.17, 15) is 59.1 Å². The molecule has 664 valence electrons. The number of aliphatic hydroxyl groups is 7. The van der Waals surface area contributed by atoms with Crippen LogP contribution in [-0.2, 0) is 33.6 Å². The van der Waals surface area contributed by atoms with Gasteiger partial charge in [-0.05, 0) is 191 Å². The van der Waals surface area contributed by atoms with E-state index in [1.165, 1.54) is 6.92 Å². The predicted octanol–water partition coefficient (Wildman–Crippen LogP) is 5.00. The molecule has 7 amide bonds. The predicted molar refractivity (Wildman–Crippen MR) is 454 cm³/mol. The minimum Gasteiger partial charge on any atom is -0.393 e. The smallest absolute Gasteiger partial charge is 0.254 e. The van der Waals surface area contributed by atoms with Crippen molar-refractivity contribution >= 4 is 41.4 Å². The number of aliphatic hydroxyl groups excluding tert-OH is 4. The molecule has 28 nitrogen and oxygen atoms in total. The van der Waals surface area contributed by atoms with Gasteiger partial charge in [-0.3, -0.25) is 67.9 Å². The van der Waals surface area contributed by atoms with Crippen LogP contribution in [0, 0.1) is 11.8 Å². The lowest BCUT2D eigenvalue weighted by Crippen LogP contribution is -2.56. The van der Waals surface area contributed by atoms with Gasteiger partial charge in [0.1, 0.15) is 23.9 Å². The van der Waals surface area contributed by atoms with Gasteiger partial charge in [-0.15, -0.1) is 0 Å². The summed E-state index contributed by atoms with van der Waals surface area (Å²) in [6.07, 6.45) is -1.20. The molecule has 7 N–H and O–H groups in total. The molecule has 0 aromatic heterocycles. The van der Waals surface area contributed by atoms with Crippen LogP contribution < -0.4 is 0 Å². The third-order valence-corrected chi connectivity index (χ3v) is 22.2. The van der Waals surface area contributed by atoms with Crippen LogP contribution >= 0.6 is 0 Å². The number of hydrogen-bond acceptors (Lipinski definition) is 21. The largest absolute Gasteiger partial charge is 0.393 e. The summed E-state index contributed by atoms with van der Waals surface area (Å²) >= 11 is 0. The number of piperazine rings is 7. The van der Waals surface area contributed by atoms with E-state index in [2.05, 4.69) is 152 Å². The van der Waals surface area contributed by atoms with E-state index < -0.39 is 41.2 Å². The highest BCUT2D eigenvalue weighted by Gasteiger charge is 2.37. The van der Waals surface area contributed by atoms with Crippen molar-refractivity contribution in [1.82, 2.24) is 68.6 Å².